The molecule has 3 rings (SSSR count). The number of hydrogen-bond acceptors (Lipinski definition) is 4. The smallest absolute Gasteiger partial charge is 0.313 e. The van der Waals surface area contributed by atoms with Gasteiger partial charge in [-0.1, -0.05) is 18.2 Å². The van der Waals surface area contributed by atoms with Crippen molar-refractivity contribution in [3.63, 3.8) is 0 Å². The van der Waals surface area contributed by atoms with Crippen molar-refractivity contribution in [2.75, 3.05) is 6.61 Å². The van der Waals surface area contributed by atoms with Crippen LogP contribution < -0.4 is 4.74 Å². The molecule has 0 bridgehead atoms. The highest BCUT2D eigenvalue weighted by Crippen LogP contribution is 2.39. The maximum Gasteiger partial charge on any atom is 0.313 e. The maximum atomic E-state index is 11.4. The van der Waals surface area contributed by atoms with Crippen molar-refractivity contribution in [2.24, 2.45) is 5.92 Å². The highest BCUT2D eigenvalue weighted by molar-refractivity contribution is 5.80. The average Bonchev–Trinajstić information content (AvgIpc) is 2.58. The van der Waals surface area contributed by atoms with E-state index in [4.69, 9.17) is 4.74 Å². The Labute approximate surface area is 140 Å². The topological polar surface area (TPSA) is 79.7 Å². The van der Waals surface area contributed by atoms with Crippen LogP contribution in [0.5, 0.6) is 5.75 Å². The molecule has 1 aromatic heterocycles. The Morgan fingerprint density at radius 3 is 2.79 bits per heavy atom. The Kier molecular flexibility index (Phi) is 4.28. The van der Waals surface area contributed by atoms with Gasteiger partial charge >= 0.3 is 5.97 Å². The molecule has 0 spiro atoms. The van der Waals surface area contributed by atoms with E-state index in [1.807, 2.05) is 18.2 Å². The Morgan fingerprint density at radius 2 is 2.12 bits per heavy atom. The van der Waals surface area contributed by atoms with E-state index in [1.54, 1.807) is 38.2 Å². The minimum absolute atomic E-state index is 0.0780. The molecular formula is C19H21NO4. The van der Waals surface area contributed by atoms with E-state index in [1.165, 1.54) is 0 Å². The molecule has 0 aliphatic carbocycles. The SMILES string of the molecule is CC(C)(C(=O)O)c1ccc2c(c1)OC[C@H](Cc1ccccn1)[C@H]2O. The Balaban J connectivity index is 1.84. The second-order valence-corrected chi connectivity index (χ2v) is 6.72. The number of pyridine rings is 1. The van der Waals surface area contributed by atoms with E-state index in [-0.39, 0.29) is 5.92 Å². The van der Waals surface area contributed by atoms with Crippen LogP contribution in [0.3, 0.4) is 0 Å². The lowest BCUT2D eigenvalue weighted by Crippen LogP contribution is -2.30. The fourth-order valence-corrected chi connectivity index (χ4v) is 2.92. The predicted octanol–water partition coefficient (Wildman–Crippen LogP) is 2.73. The summed E-state index contributed by atoms with van der Waals surface area (Å²) in [4.78, 5) is 15.7. The van der Waals surface area contributed by atoms with E-state index in [0.717, 1.165) is 5.69 Å². The number of ether oxygens (including phenoxy) is 1. The lowest BCUT2D eigenvalue weighted by molar-refractivity contribution is -0.142. The number of hydrogen-bond donors (Lipinski definition) is 2. The number of carboxylic acids is 1. The fraction of sp³-hybridized carbons (Fsp3) is 0.368. The highest BCUT2D eigenvalue weighted by Gasteiger charge is 2.34. The van der Waals surface area contributed by atoms with Gasteiger partial charge in [0, 0.05) is 23.4 Å². The number of aliphatic hydroxyl groups is 1. The molecule has 2 N–H and O–H groups in total. The molecule has 0 amide bonds. The molecule has 1 aromatic carbocycles. The highest BCUT2D eigenvalue weighted by atomic mass is 16.5. The van der Waals surface area contributed by atoms with Gasteiger partial charge in [0.25, 0.3) is 0 Å². The van der Waals surface area contributed by atoms with Gasteiger partial charge in [0.15, 0.2) is 0 Å². The summed E-state index contributed by atoms with van der Waals surface area (Å²) in [5.74, 6) is -0.413. The van der Waals surface area contributed by atoms with Crippen molar-refractivity contribution in [2.45, 2.75) is 31.8 Å². The van der Waals surface area contributed by atoms with Gasteiger partial charge in [0.1, 0.15) is 5.75 Å². The molecule has 0 unspecified atom stereocenters. The van der Waals surface area contributed by atoms with Crippen LogP contribution in [0.4, 0.5) is 0 Å². The molecular weight excluding hydrogens is 306 g/mol. The number of fused-ring (bicyclic) bond motifs is 1. The largest absolute Gasteiger partial charge is 0.493 e. The average molecular weight is 327 g/mol. The molecule has 5 heteroatoms. The second kappa shape index (κ2) is 6.24. The van der Waals surface area contributed by atoms with Crippen LogP contribution in [-0.2, 0) is 16.6 Å². The fourth-order valence-electron chi connectivity index (χ4n) is 2.92. The van der Waals surface area contributed by atoms with Gasteiger partial charge in [-0.05, 0) is 44.0 Å². The van der Waals surface area contributed by atoms with Gasteiger partial charge in [0.05, 0.1) is 18.1 Å². The number of benzene rings is 1. The molecule has 2 atom stereocenters. The van der Waals surface area contributed by atoms with Gasteiger partial charge in [0.2, 0.25) is 0 Å². The van der Waals surface area contributed by atoms with Gasteiger partial charge in [-0.25, -0.2) is 0 Å². The summed E-state index contributed by atoms with van der Waals surface area (Å²) >= 11 is 0. The number of aromatic nitrogens is 1. The van der Waals surface area contributed by atoms with Crippen LogP contribution in [0.1, 0.15) is 36.8 Å². The van der Waals surface area contributed by atoms with Gasteiger partial charge < -0.3 is 14.9 Å². The summed E-state index contributed by atoms with van der Waals surface area (Å²) in [6, 6.07) is 11.0. The van der Waals surface area contributed by atoms with Gasteiger partial charge in [-0.15, -0.1) is 0 Å². The monoisotopic (exact) mass is 327 g/mol. The van der Waals surface area contributed by atoms with Crippen LogP contribution in [-0.4, -0.2) is 27.8 Å². The first-order chi connectivity index (χ1) is 11.4. The Hall–Kier alpha value is -2.40. The summed E-state index contributed by atoms with van der Waals surface area (Å²) in [7, 11) is 0. The first kappa shape index (κ1) is 16.5. The molecule has 0 saturated heterocycles. The number of carboxylic acid groups (broad SMARTS) is 1. The zero-order valence-electron chi connectivity index (χ0n) is 13.8. The Bertz CT molecular complexity index is 742. The van der Waals surface area contributed by atoms with Crippen molar-refractivity contribution in [3.05, 3.63) is 59.4 Å². The van der Waals surface area contributed by atoms with E-state index in [9.17, 15) is 15.0 Å². The summed E-state index contributed by atoms with van der Waals surface area (Å²) in [5.41, 5.74) is 1.27. The molecule has 2 aromatic rings. The quantitative estimate of drug-likeness (QED) is 0.902. The third-order valence-corrected chi connectivity index (χ3v) is 4.69. The molecule has 126 valence electrons. The van der Waals surface area contributed by atoms with Crippen molar-refractivity contribution in [1.29, 1.82) is 0 Å². The summed E-state index contributed by atoms with van der Waals surface area (Å²) < 4.78 is 5.81. The molecule has 1 aliphatic heterocycles. The van der Waals surface area contributed by atoms with Crippen molar-refractivity contribution in [1.82, 2.24) is 4.98 Å². The van der Waals surface area contributed by atoms with Crippen LogP contribution in [0.25, 0.3) is 0 Å². The number of aliphatic hydroxyl groups excluding tert-OH is 1. The molecule has 24 heavy (non-hydrogen) atoms. The number of carbonyl (C=O) groups is 1. The minimum atomic E-state index is -1.01. The lowest BCUT2D eigenvalue weighted by Gasteiger charge is -2.31. The van der Waals surface area contributed by atoms with Crippen LogP contribution >= 0.6 is 0 Å². The standard InChI is InChI=1S/C19H21NO4/c1-19(2,18(22)23)13-6-7-15-16(10-13)24-11-12(17(15)21)9-14-5-3-4-8-20-14/h3-8,10,12,17,21H,9,11H2,1-2H3,(H,22,23)/t12-,17+/m0/s1. The van der Waals surface area contributed by atoms with Crippen molar-refractivity contribution in [3.8, 4) is 5.75 Å². The predicted molar refractivity (Wildman–Crippen MR) is 89.0 cm³/mol. The van der Waals surface area contributed by atoms with Crippen LogP contribution in [0.15, 0.2) is 42.6 Å². The summed E-state index contributed by atoms with van der Waals surface area (Å²) in [6.45, 7) is 3.68. The van der Waals surface area contributed by atoms with E-state index in [2.05, 4.69) is 4.98 Å². The number of aliphatic carboxylic acids is 1. The molecule has 2 heterocycles. The second-order valence-electron chi connectivity index (χ2n) is 6.72. The first-order valence-electron chi connectivity index (χ1n) is 7.98. The summed E-state index contributed by atoms with van der Waals surface area (Å²) in [5, 5.41) is 20.0. The van der Waals surface area contributed by atoms with E-state index in [0.29, 0.717) is 29.9 Å². The van der Waals surface area contributed by atoms with E-state index >= 15 is 0 Å². The zero-order chi connectivity index (χ0) is 17.3. The van der Waals surface area contributed by atoms with Crippen LogP contribution in [0.2, 0.25) is 0 Å². The molecule has 0 saturated carbocycles. The number of nitrogens with zero attached hydrogens (tertiary/aromatic N) is 1. The van der Waals surface area contributed by atoms with Gasteiger partial charge in [-0.2, -0.15) is 0 Å². The summed E-state index contributed by atoms with van der Waals surface area (Å²) in [6.07, 6.45) is 1.71. The van der Waals surface area contributed by atoms with Crippen LogP contribution in [0, 0.1) is 5.92 Å². The normalized spacial score (nSPS) is 20.1. The molecule has 1 aliphatic rings. The Morgan fingerprint density at radius 1 is 1.33 bits per heavy atom. The zero-order valence-corrected chi connectivity index (χ0v) is 13.8. The number of rotatable bonds is 4. The van der Waals surface area contributed by atoms with Crippen molar-refractivity contribution >= 4 is 5.97 Å². The lowest BCUT2D eigenvalue weighted by atomic mass is 9.82. The maximum absolute atomic E-state index is 11.4. The minimum Gasteiger partial charge on any atom is -0.493 e. The third kappa shape index (κ3) is 2.99. The third-order valence-electron chi connectivity index (χ3n) is 4.69. The molecule has 0 radical (unpaired) electrons. The van der Waals surface area contributed by atoms with E-state index < -0.39 is 17.5 Å². The molecule has 0 fully saturated rings. The van der Waals surface area contributed by atoms with Crippen molar-refractivity contribution < 1.29 is 19.7 Å². The first-order valence-corrected chi connectivity index (χ1v) is 7.98. The van der Waals surface area contributed by atoms with Gasteiger partial charge in [-0.3, -0.25) is 9.78 Å². The molecule has 5 nitrogen and oxygen atoms in total.